The van der Waals surface area contributed by atoms with Crippen LogP contribution < -0.4 is 14.8 Å². The molecule has 1 N–H and O–H groups in total. The second-order valence-electron chi connectivity index (χ2n) is 10.5. The first-order valence-corrected chi connectivity index (χ1v) is 14.3. The van der Waals surface area contributed by atoms with Crippen molar-refractivity contribution < 1.29 is 23.8 Å². The molecular weight excluding hydrogens is 520 g/mol. The van der Waals surface area contributed by atoms with Gasteiger partial charge in [0.1, 0.15) is 6.17 Å². The van der Waals surface area contributed by atoms with Gasteiger partial charge < -0.3 is 29.3 Å². The van der Waals surface area contributed by atoms with Crippen LogP contribution in [0, 0.1) is 0 Å². The van der Waals surface area contributed by atoms with Gasteiger partial charge in [-0.25, -0.2) is 0 Å². The van der Waals surface area contributed by atoms with E-state index in [9.17, 15) is 9.59 Å². The van der Waals surface area contributed by atoms with E-state index in [0.717, 1.165) is 54.4 Å². The molecule has 0 saturated carbocycles. The number of fused-ring (bicyclic) bond motifs is 2. The van der Waals surface area contributed by atoms with Gasteiger partial charge in [0.25, 0.3) is 11.8 Å². The topological polar surface area (TPSA) is 83.6 Å². The maximum absolute atomic E-state index is 13.3. The molecule has 3 heterocycles. The van der Waals surface area contributed by atoms with E-state index in [-0.39, 0.29) is 24.8 Å². The molecule has 6 rings (SSSR count). The molecule has 0 aliphatic carbocycles. The molecule has 0 bridgehead atoms. The van der Waals surface area contributed by atoms with Gasteiger partial charge in [0.05, 0.1) is 0 Å². The van der Waals surface area contributed by atoms with Gasteiger partial charge in [0.15, 0.2) is 11.5 Å². The number of anilines is 1. The number of rotatable bonds is 10. The first-order chi connectivity index (χ1) is 20.1. The monoisotopic (exact) mass is 556 g/mol. The van der Waals surface area contributed by atoms with E-state index in [4.69, 9.17) is 14.2 Å². The SMILES string of the molecule is CCOCCCN1C(=O)c2ccccc2[C@@H]1Nc1ccc(C(=O)N2CCN(Cc3ccc4c(c3)OCO4)CC2)cc1. The van der Waals surface area contributed by atoms with Gasteiger partial charge in [-0.1, -0.05) is 24.3 Å². The minimum Gasteiger partial charge on any atom is -0.454 e. The number of ether oxygens (including phenoxy) is 3. The number of piperazine rings is 1. The fraction of sp³-hybridized carbons (Fsp3) is 0.375. The number of benzene rings is 3. The van der Waals surface area contributed by atoms with Crippen molar-refractivity contribution in [1.29, 1.82) is 0 Å². The van der Waals surface area contributed by atoms with Crippen molar-refractivity contribution in [2.24, 2.45) is 0 Å². The molecule has 3 aromatic carbocycles. The molecule has 214 valence electrons. The number of hydrogen-bond acceptors (Lipinski definition) is 7. The molecule has 0 aromatic heterocycles. The van der Waals surface area contributed by atoms with Crippen LogP contribution in [0.15, 0.2) is 66.7 Å². The highest BCUT2D eigenvalue weighted by atomic mass is 16.7. The summed E-state index contributed by atoms with van der Waals surface area (Å²) in [5.41, 5.74) is 4.39. The first kappa shape index (κ1) is 27.1. The fourth-order valence-corrected chi connectivity index (χ4v) is 5.69. The lowest BCUT2D eigenvalue weighted by atomic mass is 10.1. The van der Waals surface area contributed by atoms with Gasteiger partial charge >= 0.3 is 0 Å². The summed E-state index contributed by atoms with van der Waals surface area (Å²) in [7, 11) is 0. The van der Waals surface area contributed by atoms with Crippen molar-refractivity contribution in [3.05, 3.63) is 89.0 Å². The van der Waals surface area contributed by atoms with E-state index in [0.29, 0.717) is 38.4 Å². The summed E-state index contributed by atoms with van der Waals surface area (Å²) in [4.78, 5) is 32.5. The lowest BCUT2D eigenvalue weighted by Gasteiger charge is -2.35. The summed E-state index contributed by atoms with van der Waals surface area (Å²) < 4.78 is 16.4. The van der Waals surface area contributed by atoms with Gasteiger partial charge in [0, 0.05) is 74.9 Å². The van der Waals surface area contributed by atoms with Gasteiger partial charge in [-0.15, -0.1) is 0 Å². The van der Waals surface area contributed by atoms with Crippen LogP contribution in [0.2, 0.25) is 0 Å². The molecule has 1 fully saturated rings. The highest BCUT2D eigenvalue weighted by Crippen LogP contribution is 2.35. The Labute approximate surface area is 240 Å². The Morgan fingerprint density at radius 3 is 2.56 bits per heavy atom. The number of carbonyl (C=O) groups is 2. The van der Waals surface area contributed by atoms with E-state index >= 15 is 0 Å². The van der Waals surface area contributed by atoms with Crippen LogP contribution in [-0.4, -0.2) is 79.2 Å². The number of carbonyl (C=O) groups excluding carboxylic acids is 2. The van der Waals surface area contributed by atoms with Crippen LogP contribution in [0.4, 0.5) is 5.69 Å². The molecule has 41 heavy (non-hydrogen) atoms. The lowest BCUT2D eigenvalue weighted by molar-refractivity contribution is 0.0628. The van der Waals surface area contributed by atoms with Crippen LogP contribution in [0.3, 0.4) is 0 Å². The molecule has 1 atom stereocenters. The van der Waals surface area contributed by atoms with E-state index < -0.39 is 0 Å². The predicted molar refractivity (Wildman–Crippen MR) is 155 cm³/mol. The van der Waals surface area contributed by atoms with Crippen LogP contribution in [-0.2, 0) is 11.3 Å². The predicted octanol–water partition coefficient (Wildman–Crippen LogP) is 4.37. The van der Waals surface area contributed by atoms with Crippen LogP contribution in [0.5, 0.6) is 11.5 Å². The second kappa shape index (κ2) is 12.2. The number of amides is 2. The van der Waals surface area contributed by atoms with Crippen LogP contribution >= 0.6 is 0 Å². The maximum atomic E-state index is 13.3. The van der Waals surface area contributed by atoms with Crippen LogP contribution in [0.1, 0.15) is 51.4 Å². The van der Waals surface area contributed by atoms with Gasteiger partial charge in [-0.3, -0.25) is 14.5 Å². The number of nitrogens with one attached hydrogen (secondary N) is 1. The number of nitrogens with zero attached hydrogens (tertiary/aromatic N) is 3. The lowest BCUT2D eigenvalue weighted by Crippen LogP contribution is -2.48. The van der Waals surface area contributed by atoms with Crippen molar-refractivity contribution in [2.75, 3.05) is 58.0 Å². The third-order valence-electron chi connectivity index (χ3n) is 7.89. The standard InChI is InChI=1S/C32H36N4O5/c1-2-39-19-5-14-36-30(26-6-3-4-7-27(26)32(36)38)33-25-11-9-24(10-12-25)31(37)35-17-15-34(16-18-35)21-23-8-13-28-29(20-23)41-22-40-28/h3-4,6-13,20,30,33H,2,5,14-19,21-22H2,1H3/t30-/m1/s1. The molecule has 1 saturated heterocycles. The summed E-state index contributed by atoms with van der Waals surface area (Å²) in [6.07, 6.45) is 0.503. The zero-order chi connectivity index (χ0) is 28.2. The summed E-state index contributed by atoms with van der Waals surface area (Å²) >= 11 is 0. The first-order valence-electron chi connectivity index (χ1n) is 14.3. The largest absolute Gasteiger partial charge is 0.454 e. The molecule has 3 aliphatic heterocycles. The smallest absolute Gasteiger partial charge is 0.256 e. The molecular formula is C32H36N4O5. The average Bonchev–Trinajstić information content (AvgIpc) is 3.58. The van der Waals surface area contributed by atoms with Crippen molar-refractivity contribution in [2.45, 2.75) is 26.1 Å². The Kier molecular flexibility index (Phi) is 8.07. The fourth-order valence-electron chi connectivity index (χ4n) is 5.69. The quantitative estimate of drug-likeness (QED) is 0.372. The van der Waals surface area contributed by atoms with E-state index in [2.05, 4.69) is 16.3 Å². The second-order valence-corrected chi connectivity index (χ2v) is 10.5. The summed E-state index contributed by atoms with van der Waals surface area (Å²) in [5.74, 6) is 1.66. The molecule has 0 radical (unpaired) electrons. The third-order valence-corrected chi connectivity index (χ3v) is 7.89. The molecule has 9 heteroatoms. The van der Waals surface area contributed by atoms with E-state index in [1.54, 1.807) is 0 Å². The molecule has 9 nitrogen and oxygen atoms in total. The van der Waals surface area contributed by atoms with Crippen LogP contribution in [0.25, 0.3) is 0 Å². The minimum atomic E-state index is -0.264. The van der Waals surface area contributed by atoms with Gasteiger partial charge in [0.2, 0.25) is 6.79 Å². The maximum Gasteiger partial charge on any atom is 0.256 e. The van der Waals surface area contributed by atoms with Gasteiger partial charge in [-0.2, -0.15) is 0 Å². The molecule has 3 aromatic rings. The Hall–Kier alpha value is -4.08. The number of hydrogen-bond donors (Lipinski definition) is 1. The van der Waals surface area contributed by atoms with E-state index in [1.165, 1.54) is 5.56 Å². The average molecular weight is 557 g/mol. The Morgan fingerprint density at radius 2 is 1.76 bits per heavy atom. The van der Waals surface area contributed by atoms with Crippen molar-refractivity contribution >= 4 is 17.5 Å². The molecule has 3 aliphatic rings. The molecule has 2 amide bonds. The third kappa shape index (κ3) is 5.87. The van der Waals surface area contributed by atoms with Gasteiger partial charge in [-0.05, 0) is 61.4 Å². The Morgan fingerprint density at radius 1 is 0.976 bits per heavy atom. The van der Waals surface area contributed by atoms with Crippen molar-refractivity contribution in [3.8, 4) is 11.5 Å². The molecule has 0 unspecified atom stereocenters. The summed E-state index contributed by atoms with van der Waals surface area (Å²) in [5, 5.41) is 3.52. The highest BCUT2D eigenvalue weighted by molar-refractivity contribution is 5.99. The zero-order valence-corrected chi connectivity index (χ0v) is 23.4. The van der Waals surface area contributed by atoms with Crippen molar-refractivity contribution in [1.82, 2.24) is 14.7 Å². The normalized spacial score (nSPS) is 18.1. The summed E-state index contributed by atoms with van der Waals surface area (Å²) in [6, 6.07) is 21.4. The minimum absolute atomic E-state index is 0.0269. The summed E-state index contributed by atoms with van der Waals surface area (Å²) in [6.45, 7) is 7.93. The Balaban J connectivity index is 1.05. The van der Waals surface area contributed by atoms with E-state index in [1.807, 2.05) is 77.4 Å². The van der Waals surface area contributed by atoms with Crippen molar-refractivity contribution in [3.63, 3.8) is 0 Å². The Bertz CT molecular complexity index is 1390. The highest BCUT2D eigenvalue weighted by Gasteiger charge is 2.36. The zero-order valence-electron chi connectivity index (χ0n) is 23.4. The molecule has 0 spiro atoms.